The predicted molar refractivity (Wildman–Crippen MR) is 86.8 cm³/mol. The summed E-state index contributed by atoms with van der Waals surface area (Å²) in [6.07, 6.45) is 4.72. The molecule has 21 heavy (non-hydrogen) atoms. The molecule has 0 bridgehead atoms. The third-order valence-corrected chi connectivity index (χ3v) is 5.35. The zero-order chi connectivity index (χ0) is 15.1. The van der Waals surface area contributed by atoms with Gasteiger partial charge in [-0.1, -0.05) is 31.2 Å². The van der Waals surface area contributed by atoms with Crippen LogP contribution in [-0.4, -0.2) is 27.3 Å². The molecule has 4 nitrogen and oxygen atoms in total. The van der Waals surface area contributed by atoms with Crippen LogP contribution in [0.25, 0.3) is 0 Å². The number of hydrogen-bond acceptors (Lipinski definition) is 3. The van der Waals surface area contributed by atoms with Gasteiger partial charge in [0.15, 0.2) is 0 Å². The first-order valence-corrected chi connectivity index (χ1v) is 9.56. The van der Waals surface area contributed by atoms with Crippen molar-refractivity contribution in [1.29, 1.82) is 0 Å². The lowest BCUT2D eigenvalue weighted by atomic mass is 9.88. The van der Waals surface area contributed by atoms with E-state index in [4.69, 9.17) is 0 Å². The molecular weight excluding hydrogens is 284 g/mol. The zero-order valence-corrected chi connectivity index (χ0v) is 13.6. The van der Waals surface area contributed by atoms with Crippen LogP contribution in [0.3, 0.4) is 0 Å². The van der Waals surface area contributed by atoms with Crippen molar-refractivity contribution in [3.63, 3.8) is 0 Å². The van der Waals surface area contributed by atoms with Crippen molar-refractivity contribution in [1.82, 2.24) is 10.0 Å². The summed E-state index contributed by atoms with van der Waals surface area (Å²) < 4.78 is 27.3. The van der Waals surface area contributed by atoms with Gasteiger partial charge in [0.2, 0.25) is 10.0 Å². The molecule has 0 spiro atoms. The molecule has 1 aliphatic carbocycles. The molecule has 0 saturated heterocycles. The fourth-order valence-electron chi connectivity index (χ4n) is 2.84. The monoisotopic (exact) mass is 310 g/mol. The van der Waals surface area contributed by atoms with Crippen molar-refractivity contribution >= 4 is 10.0 Å². The topological polar surface area (TPSA) is 58.2 Å². The predicted octanol–water partition coefficient (Wildman–Crippen LogP) is 2.37. The van der Waals surface area contributed by atoms with Crippen LogP contribution in [0.1, 0.15) is 49.8 Å². The molecule has 0 radical (unpaired) electrons. The maximum atomic E-state index is 12.2. The van der Waals surface area contributed by atoms with E-state index >= 15 is 0 Å². The van der Waals surface area contributed by atoms with E-state index in [1.807, 2.05) is 18.2 Å². The van der Waals surface area contributed by atoms with Crippen molar-refractivity contribution in [3.05, 3.63) is 35.4 Å². The number of benzene rings is 1. The zero-order valence-electron chi connectivity index (χ0n) is 12.8. The highest BCUT2D eigenvalue weighted by molar-refractivity contribution is 7.89. The maximum Gasteiger partial charge on any atom is 0.212 e. The first-order valence-electron chi connectivity index (χ1n) is 7.91. The fraction of sp³-hybridized carbons (Fsp3) is 0.625. The molecule has 1 atom stereocenters. The van der Waals surface area contributed by atoms with Gasteiger partial charge in [-0.3, -0.25) is 0 Å². The van der Waals surface area contributed by atoms with Gasteiger partial charge >= 0.3 is 0 Å². The second-order valence-electron chi connectivity index (χ2n) is 5.68. The van der Waals surface area contributed by atoms with E-state index < -0.39 is 10.0 Å². The van der Waals surface area contributed by atoms with E-state index in [2.05, 4.69) is 23.0 Å². The van der Waals surface area contributed by atoms with Gasteiger partial charge in [-0.05, 0) is 56.3 Å². The summed E-state index contributed by atoms with van der Waals surface area (Å²) >= 11 is 0. The highest BCUT2D eigenvalue weighted by Gasteiger charge is 2.23. The molecule has 0 amide bonds. The number of nitrogens with one attached hydrogen (secondary N) is 2. The largest absolute Gasteiger partial charge is 0.317 e. The first kappa shape index (κ1) is 16.5. The summed E-state index contributed by atoms with van der Waals surface area (Å²) in [5, 5.41) is 3.23. The van der Waals surface area contributed by atoms with Gasteiger partial charge in [0, 0.05) is 6.04 Å². The molecule has 1 aromatic rings. The Kier molecular flexibility index (Phi) is 6.21. The number of hydrogen-bond donors (Lipinski definition) is 2. The molecule has 5 heteroatoms. The van der Waals surface area contributed by atoms with Crippen LogP contribution in [0.4, 0.5) is 0 Å². The quantitative estimate of drug-likeness (QED) is 0.725. The van der Waals surface area contributed by atoms with Crippen molar-refractivity contribution in [2.24, 2.45) is 0 Å². The second kappa shape index (κ2) is 7.92. The standard InChI is InChI=1S/C16H26N2O2S/c1-2-11-17-12-6-13-21(19,20)18-16-10-5-8-14-7-3-4-9-15(14)16/h3-4,7,9,16-18H,2,5-6,8,10-13H2,1H3. The second-order valence-corrected chi connectivity index (χ2v) is 7.56. The van der Waals surface area contributed by atoms with Crippen LogP contribution < -0.4 is 10.0 Å². The Morgan fingerprint density at radius 3 is 2.86 bits per heavy atom. The van der Waals surface area contributed by atoms with Crippen molar-refractivity contribution in [3.8, 4) is 0 Å². The molecule has 0 aliphatic heterocycles. The van der Waals surface area contributed by atoms with Gasteiger partial charge < -0.3 is 5.32 Å². The Morgan fingerprint density at radius 1 is 1.24 bits per heavy atom. The molecule has 2 rings (SSSR count). The smallest absolute Gasteiger partial charge is 0.212 e. The summed E-state index contributed by atoms with van der Waals surface area (Å²) in [5.41, 5.74) is 2.43. The van der Waals surface area contributed by atoms with Crippen LogP contribution >= 0.6 is 0 Å². The van der Waals surface area contributed by atoms with E-state index in [0.717, 1.165) is 44.3 Å². The van der Waals surface area contributed by atoms with Gasteiger partial charge in [-0.2, -0.15) is 0 Å². The molecule has 1 unspecified atom stereocenters. The van der Waals surface area contributed by atoms with E-state index in [1.54, 1.807) is 0 Å². The molecular formula is C16H26N2O2S. The number of fused-ring (bicyclic) bond motifs is 1. The molecule has 1 aromatic carbocycles. The van der Waals surface area contributed by atoms with Crippen molar-refractivity contribution in [2.45, 2.75) is 45.1 Å². The third kappa shape index (κ3) is 5.09. The van der Waals surface area contributed by atoms with Gasteiger partial charge in [-0.25, -0.2) is 13.1 Å². The number of aryl methyl sites for hydroxylation is 1. The lowest BCUT2D eigenvalue weighted by molar-refractivity contribution is 0.505. The third-order valence-electron chi connectivity index (χ3n) is 3.88. The molecule has 1 aliphatic rings. The van der Waals surface area contributed by atoms with E-state index in [0.29, 0.717) is 6.42 Å². The summed E-state index contributed by atoms with van der Waals surface area (Å²) in [6.45, 7) is 3.81. The lowest BCUT2D eigenvalue weighted by Crippen LogP contribution is -2.33. The van der Waals surface area contributed by atoms with Crippen molar-refractivity contribution < 1.29 is 8.42 Å². The van der Waals surface area contributed by atoms with E-state index in [9.17, 15) is 8.42 Å². The summed E-state index contributed by atoms with van der Waals surface area (Å²) in [5.74, 6) is 0.197. The average Bonchev–Trinajstić information content (AvgIpc) is 2.47. The molecule has 2 N–H and O–H groups in total. The van der Waals surface area contributed by atoms with Crippen LogP contribution in [0.15, 0.2) is 24.3 Å². The number of sulfonamides is 1. The summed E-state index contributed by atoms with van der Waals surface area (Å²) in [6, 6.07) is 8.10. The van der Waals surface area contributed by atoms with E-state index in [1.165, 1.54) is 5.56 Å². The average molecular weight is 310 g/mol. The number of rotatable bonds is 8. The fourth-order valence-corrected chi connectivity index (χ4v) is 4.16. The van der Waals surface area contributed by atoms with Gasteiger partial charge in [0.05, 0.1) is 5.75 Å². The van der Waals surface area contributed by atoms with Gasteiger partial charge in [0.1, 0.15) is 0 Å². The van der Waals surface area contributed by atoms with Crippen molar-refractivity contribution in [2.75, 3.05) is 18.8 Å². The normalized spacial score (nSPS) is 18.4. The van der Waals surface area contributed by atoms with Gasteiger partial charge in [0.25, 0.3) is 0 Å². The summed E-state index contributed by atoms with van der Waals surface area (Å²) in [7, 11) is -3.20. The van der Waals surface area contributed by atoms with E-state index in [-0.39, 0.29) is 11.8 Å². The Bertz CT molecular complexity index is 543. The SMILES string of the molecule is CCCNCCCS(=O)(=O)NC1CCCc2ccccc21. The Hall–Kier alpha value is -0.910. The molecule has 118 valence electrons. The highest BCUT2D eigenvalue weighted by atomic mass is 32.2. The molecule has 0 saturated carbocycles. The Morgan fingerprint density at radius 2 is 2.05 bits per heavy atom. The molecule has 0 aromatic heterocycles. The Labute approximate surface area is 128 Å². The Balaban J connectivity index is 1.89. The minimum Gasteiger partial charge on any atom is -0.317 e. The minimum atomic E-state index is -3.20. The van der Waals surface area contributed by atoms with Gasteiger partial charge in [-0.15, -0.1) is 0 Å². The van der Waals surface area contributed by atoms with Crippen LogP contribution in [0.2, 0.25) is 0 Å². The van der Waals surface area contributed by atoms with Crippen LogP contribution in [-0.2, 0) is 16.4 Å². The lowest BCUT2D eigenvalue weighted by Gasteiger charge is -2.26. The minimum absolute atomic E-state index is 0.0523. The first-order chi connectivity index (χ1) is 10.1. The summed E-state index contributed by atoms with van der Waals surface area (Å²) in [4.78, 5) is 0. The molecule has 0 heterocycles. The maximum absolute atomic E-state index is 12.2. The van der Waals surface area contributed by atoms with Crippen LogP contribution in [0.5, 0.6) is 0 Å². The highest BCUT2D eigenvalue weighted by Crippen LogP contribution is 2.29. The van der Waals surface area contributed by atoms with Crippen LogP contribution in [0, 0.1) is 0 Å². The molecule has 0 fully saturated rings.